The maximum Gasteiger partial charge on any atom is 0.365 e. The average molecular weight is 172 g/mol. The van der Waals surface area contributed by atoms with Crippen molar-refractivity contribution in [2.24, 2.45) is 0 Å². The zero-order chi connectivity index (χ0) is 9.61. The summed E-state index contributed by atoms with van der Waals surface area (Å²) in [5.41, 5.74) is -0.406. The Morgan fingerprint density at radius 1 is 1.50 bits per heavy atom. The summed E-state index contributed by atoms with van der Waals surface area (Å²) in [5.74, 6) is -0.473. The molecule has 12 heavy (non-hydrogen) atoms. The average Bonchev–Trinajstić information content (AvgIpc) is 2.02. The van der Waals surface area contributed by atoms with E-state index in [4.69, 9.17) is 4.89 Å². The first-order valence-corrected chi connectivity index (χ1v) is 4.04. The quantitative estimate of drug-likeness (QED) is 0.370. The molecule has 0 spiro atoms. The molecule has 0 aliphatic carbocycles. The number of carbonyl (C=O) groups excluding carboxylic acids is 1. The smallest absolute Gasteiger partial charge is 0.293 e. The maximum atomic E-state index is 10.8. The Balaban J connectivity index is 3.75. The van der Waals surface area contributed by atoms with Crippen LogP contribution in [0.3, 0.4) is 0 Å². The van der Waals surface area contributed by atoms with Crippen LogP contribution in [0.1, 0.15) is 34.1 Å². The zero-order valence-corrected chi connectivity index (χ0v) is 8.09. The van der Waals surface area contributed by atoms with Gasteiger partial charge in [0.2, 0.25) is 0 Å². The molecular formula is C9H16O3. The number of allylic oxidation sites excluding steroid dienone is 1. The van der Waals surface area contributed by atoms with E-state index in [1.165, 1.54) is 6.08 Å². The fourth-order valence-electron chi connectivity index (χ4n) is 0.377. The molecule has 0 heterocycles. The highest BCUT2D eigenvalue weighted by molar-refractivity contribution is 5.81. The summed E-state index contributed by atoms with van der Waals surface area (Å²) in [6, 6.07) is 0. The Morgan fingerprint density at radius 3 is 2.50 bits per heavy atom. The monoisotopic (exact) mass is 172 g/mol. The summed E-state index contributed by atoms with van der Waals surface area (Å²) < 4.78 is 0. The standard InChI is InChI=1S/C9H16O3/c1-5-7-8(10)11-12-9(3,4)6-2/h5,7H,6H2,1-4H3/b7-5+. The van der Waals surface area contributed by atoms with Crippen molar-refractivity contribution in [3.63, 3.8) is 0 Å². The molecule has 0 aromatic carbocycles. The van der Waals surface area contributed by atoms with Crippen molar-refractivity contribution in [2.45, 2.75) is 39.7 Å². The molecule has 0 bridgehead atoms. The zero-order valence-electron chi connectivity index (χ0n) is 8.09. The van der Waals surface area contributed by atoms with Crippen LogP contribution in [0.5, 0.6) is 0 Å². The van der Waals surface area contributed by atoms with Gasteiger partial charge in [-0.3, -0.25) is 4.89 Å². The molecule has 70 valence electrons. The van der Waals surface area contributed by atoms with E-state index < -0.39 is 11.6 Å². The van der Waals surface area contributed by atoms with Crippen LogP contribution in [0.4, 0.5) is 0 Å². The van der Waals surface area contributed by atoms with Gasteiger partial charge in [-0.2, -0.15) is 4.89 Å². The lowest BCUT2D eigenvalue weighted by molar-refractivity contribution is -0.321. The summed E-state index contributed by atoms with van der Waals surface area (Å²) in [6.45, 7) is 7.42. The molecule has 0 N–H and O–H groups in total. The van der Waals surface area contributed by atoms with Crippen molar-refractivity contribution in [3.05, 3.63) is 12.2 Å². The SMILES string of the molecule is C/C=C/C(=O)OOC(C)(C)CC. The number of hydrogen-bond acceptors (Lipinski definition) is 3. The Bertz CT molecular complexity index is 171. The molecule has 3 nitrogen and oxygen atoms in total. The molecule has 0 unspecified atom stereocenters. The van der Waals surface area contributed by atoms with Gasteiger partial charge in [0.15, 0.2) is 0 Å². The summed E-state index contributed by atoms with van der Waals surface area (Å²) in [4.78, 5) is 20.2. The number of carbonyl (C=O) groups is 1. The van der Waals surface area contributed by atoms with Crippen molar-refractivity contribution >= 4 is 5.97 Å². The van der Waals surface area contributed by atoms with Gasteiger partial charge >= 0.3 is 5.97 Å². The molecule has 0 radical (unpaired) electrons. The molecule has 0 saturated carbocycles. The lowest BCUT2D eigenvalue weighted by Gasteiger charge is -2.19. The predicted molar refractivity (Wildman–Crippen MR) is 46.4 cm³/mol. The Labute approximate surface area is 73.3 Å². The van der Waals surface area contributed by atoms with Crippen LogP contribution in [0.2, 0.25) is 0 Å². The molecule has 0 aromatic rings. The highest BCUT2D eigenvalue weighted by Crippen LogP contribution is 2.13. The normalized spacial score (nSPS) is 12.0. The first kappa shape index (κ1) is 11.2. The third-order valence-electron chi connectivity index (χ3n) is 1.50. The molecule has 0 rings (SSSR count). The fourth-order valence-corrected chi connectivity index (χ4v) is 0.377. The summed E-state index contributed by atoms with van der Waals surface area (Å²) >= 11 is 0. The largest absolute Gasteiger partial charge is 0.365 e. The molecule has 0 aliphatic heterocycles. The van der Waals surface area contributed by atoms with E-state index in [1.54, 1.807) is 13.0 Å². The predicted octanol–water partition coefficient (Wildman–Crippen LogP) is 2.23. The molecule has 3 heteroatoms. The van der Waals surface area contributed by atoms with Crippen LogP contribution in [0.25, 0.3) is 0 Å². The summed E-state index contributed by atoms with van der Waals surface area (Å²) in [5, 5.41) is 0. The highest BCUT2D eigenvalue weighted by atomic mass is 17.2. The maximum absolute atomic E-state index is 10.8. The van der Waals surface area contributed by atoms with Gasteiger partial charge in [0.1, 0.15) is 5.60 Å². The minimum Gasteiger partial charge on any atom is -0.293 e. The van der Waals surface area contributed by atoms with Crippen molar-refractivity contribution in [2.75, 3.05) is 0 Å². The molecular weight excluding hydrogens is 156 g/mol. The fraction of sp³-hybridized carbons (Fsp3) is 0.667. The van der Waals surface area contributed by atoms with E-state index in [0.29, 0.717) is 0 Å². The Hall–Kier alpha value is -0.830. The number of rotatable bonds is 4. The third kappa shape index (κ3) is 4.91. The van der Waals surface area contributed by atoms with E-state index in [9.17, 15) is 4.79 Å². The van der Waals surface area contributed by atoms with Crippen molar-refractivity contribution in [1.29, 1.82) is 0 Å². The van der Waals surface area contributed by atoms with Gasteiger partial charge < -0.3 is 0 Å². The molecule has 0 saturated heterocycles. The first-order chi connectivity index (χ1) is 5.52. The van der Waals surface area contributed by atoms with E-state index in [0.717, 1.165) is 6.42 Å². The lowest BCUT2D eigenvalue weighted by Crippen LogP contribution is -2.24. The molecule has 0 aliphatic rings. The first-order valence-electron chi connectivity index (χ1n) is 4.04. The second-order valence-electron chi connectivity index (χ2n) is 3.10. The molecule has 0 atom stereocenters. The summed E-state index contributed by atoms with van der Waals surface area (Å²) in [6.07, 6.45) is 3.70. The molecule has 0 fully saturated rings. The van der Waals surface area contributed by atoms with Crippen LogP contribution < -0.4 is 0 Å². The molecule has 0 aromatic heterocycles. The van der Waals surface area contributed by atoms with Gasteiger partial charge in [-0.1, -0.05) is 13.0 Å². The summed E-state index contributed by atoms with van der Waals surface area (Å²) in [7, 11) is 0. The lowest BCUT2D eigenvalue weighted by atomic mass is 10.1. The van der Waals surface area contributed by atoms with Crippen LogP contribution in [-0.4, -0.2) is 11.6 Å². The number of hydrogen-bond donors (Lipinski definition) is 0. The van der Waals surface area contributed by atoms with Crippen molar-refractivity contribution in [3.8, 4) is 0 Å². The van der Waals surface area contributed by atoms with Gasteiger partial charge in [-0.25, -0.2) is 4.79 Å². The minimum absolute atomic E-state index is 0.406. The van der Waals surface area contributed by atoms with Gasteiger partial charge in [0.05, 0.1) is 0 Å². The van der Waals surface area contributed by atoms with Crippen molar-refractivity contribution in [1.82, 2.24) is 0 Å². The second kappa shape index (κ2) is 4.93. The van der Waals surface area contributed by atoms with Crippen LogP contribution in [-0.2, 0) is 14.6 Å². The highest BCUT2D eigenvalue weighted by Gasteiger charge is 2.18. The van der Waals surface area contributed by atoms with E-state index in [2.05, 4.69) is 4.89 Å². The second-order valence-corrected chi connectivity index (χ2v) is 3.10. The Morgan fingerprint density at radius 2 is 2.08 bits per heavy atom. The molecule has 0 amide bonds. The van der Waals surface area contributed by atoms with Crippen molar-refractivity contribution < 1.29 is 14.6 Å². The van der Waals surface area contributed by atoms with Gasteiger partial charge in [0.25, 0.3) is 0 Å². The minimum atomic E-state index is -0.473. The Kier molecular flexibility index (Phi) is 4.59. The van der Waals surface area contributed by atoms with Crippen LogP contribution >= 0.6 is 0 Å². The van der Waals surface area contributed by atoms with Gasteiger partial charge in [-0.05, 0) is 27.2 Å². The topological polar surface area (TPSA) is 35.5 Å². The van der Waals surface area contributed by atoms with E-state index in [-0.39, 0.29) is 0 Å². The van der Waals surface area contributed by atoms with E-state index >= 15 is 0 Å². The van der Waals surface area contributed by atoms with Crippen LogP contribution in [0.15, 0.2) is 12.2 Å². The van der Waals surface area contributed by atoms with Crippen LogP contribution in [0, 0.1) is 0 Å². The van der Waals surface area contributed by atoms with Gasteiger partial charge in [-0.15, -0.1) is 0 Å². The van der Waals surface area contributed by atoms with Gasteiger partial charge in [0, 0.05) is 6.08 Å². The third-order valence-corrected chi connectivity index (χ3v) is 1.50. The van der Waals surface area contributed by atoms with E-state index in [1.807, 2.05) is 20.8 Å².